The number of likely N-dealkylation sites (tertiary alicyclic amines) is 1. The van der Waals surface area contributed by atoms with Gasteiger partial charge in [0.05, 0.1) is 34.4 Å². The van der Waals surface area contributed by atoms with Gasteiger partial charge in [-0.25, -0.2) is 18.4 Å². The van der Waals surface area contributed by atoms with E-state index in [1.807, 2.05) is 6.07 Å². The number of nitrogen functional groups attached to an aromatic ring is 1. The van der Waals surface area contributed by atoms with Crippen LogP contribution in [0.1, 0.15) is 48.3 Å². The fourth-order valence-corrected chi connectivity index (χ4v) is 5.60. The molecule has 0 aliphatic carbocycles. The van der Waals surface area contributed by atoms with Crippen molar-refractivity contribution in [1.29, 1.82) is 0 Å². The summed E-state index contributed by atoms with van der Waals surface area (Å²) in [5.41, 5.74) is 8.63. The van der Waals surface area contributed by atoms with Gasteiger partial charge in [0, 0.05) is 36.1 Å². The molecule has 1 saturated heterocycles. The van der Waals surface area contributed by atoms with Gasteiger partial charge < -0.3 is 25.1 Å². The lowest BCUT2D eigenvalue weighted by Crippen LogP contribution is -2.41. The van der Waals surface area contributed by atoms with Gasteiger partial charge in [-0.15, -0.1) is 0 Å². The van der Waals surface area contributed by atoms with Crippen molar-refractivity contribution in [2.45, 2.75) is 45.8 Å². The molecule has 3 aromatic heterocycles. The average molecular weight is 621 g/mol. The second kappa shape index (κ2) is 11.9. The summed E-state index contributed by atoms with van der Waals surface area (Å²) >= 11 is 6.56. The number of carbonyl (C=O) groups excluding carboxylic acids is 1. The Labute approximate surface area is 257 Å². The first-order chi connectivity index (χ1) is 21.1. The first kappa shape index (κ1) is 29.6. The van der Waals surface area contributed by atoms with Crippen molar-refractivity contribution in [2.75, 3.05) is 18.8 Å². The molecule has 228 valence electrons. The number of nitrogens with one attached hydrogen (secondary N) is 1. The van der Waals surface area contributed by atoms with E-state index in [1.54, 1.807) is 19.1 Å². The molecule has 4 heterocycles. The molecule has 0 bridgehead atoms. The molecule has 0 amide bonds. The largest absolute Gasteiger partial charge is 0.489 e. The fourth-order valence-electron chi connectivity index (χ4n) is 5.39. The number of carbonyl (C=O) groups is 1. The van der Waals surface area contributed by atoms with Crippen molar-refractivity contribution in [3.8, 4) is 23.1 Å². The molecule has 1 aliphatic heterocycles. The summed E-state index contributed by atoms with van der Waals surface area (Å²) in [6.45, 7) is 8.07. The lowest BCUT2D eigenvalue weighted by atomic mass is 10.1. The van der Waals surface area contributed by atoms with Crippen LogP contribution in [0.3, 0.4) is 0 Å². The predicted octanol–water partition coefficient (Wildman–Crippen LogP) is 6.85. The Bertz CT molecular complexity index is 1840. The molecule has 9 nitrogen and oxygen atoms in total. The maximum absolute atomic E-state index is 14.0. The Hall–Kier alpha value is -4.48. The maximum atomic E-state index is 14.0. The standard InChI is InChI=1S/C32H31ClF2N6O3/c1-17(2)40-9-7-20(8-10-40)43-28-13-19-12-26(39-25(19)14-22(28)33)30(42)21-15-38-41(32(21)36)27-16-37-29(11-18(27)3)44-31-23(34)5-4-6-24(31)35/h4-6,11-17,20,39H,7-10,36H2,1-3H3. The fraction of sp³-hybridized carbons (Fsp3) is 0.281. The number of aromatic amines is 1. The van der Waals surface area contributed by atoms with Crippen molar-refractivity contribution in [1.82, 2.24) is 24.6 Å². The Morgan fingerprint density at radius 2 is 1.84 bits per heavy atom. The number of piperidine rings is 1. The average Bonchev–Trinajstić information content (AvgIpc) is 3.58. The summed E-state index contributed by atoms with van der Waals surface area (Å²) in [5.74, 6) is -1.94. The van der Waals surface area contributed by atoms with Crippen LogP contribution in [0, 0.1) is 18.6 Å². The first-order valence-electron chi connectivity index (χ1n) is 14.3. The monoisotopic (exact) mass is 620 g/mol. The second-order valence-electron chi connectivity index (χ2n) is 11.1. The highest BCUT2D eigenvalue weighted by atomic mass is 35.5. The number of ether oxygens (including phenoxy) is 2. The van der Waals surface area contributed by atoms with Gasteiger partial charge >= 0.3 is 0 Å². The number of fused-ring (bicyclic) bond motifs is 1. The number of aromatic nitrogens is 4. The number of rotatable bonds is 8. The van der Waals surface area contributed by atoms with E-state index in [9.17, 15) is 13.6 Å². The van der Waals surface area contributed by atoms with Crippen LogP contribution in [0.5, 0.6) is 17.4 Å². The zero-order chi connectivity index (χ0) is 31.1. The van der Waals surface area contributed by atoms with Crippen LogP contribution in [-0.2, 0) is 0 Å². The highest BCUT2D eigenvalue weighted by Gasteiger charge is 2.24. The number of benzene rings is 2. The van der Waals surface area contributed by atoms with Crippen LogP contribution < -0.4 is 15.2 Å². The van der Waals surface area contributed by atoms with E-state index in [4.69, 9.17) is 26.8 Å². The Balaban J connectivity index is 1.20. The molecule has 0 saturated carbocycles. The van der Waals surface area contributed by atoms with Crippen LogP contribution in [0.4, 0.5) is 14.6 Å². The number of halogens is 3. The maximum Gasteiger partial charge on any atom is 0.219 e. The van der Waals surface area contributed by atoms with E-state index in [2.05, 4.69) is 33.8 Å². The summed E-state index contributed by atoms with van der Waals surface area (Å²) in [6.07, 6.45) is 4.70. The number of pyridine rings is 1. The first-order valence-corrected chi connectivity index (χ1v) is 14.7. The van der Waals surface area contributed by atoms with Gasteiger partial charge in [-0.2, -0.15) is 5.10 Å². The lowest BCUT2D eigenvalue weighted by molar-refractivity contribution is 0.0844. The van der Waals surface area contributed by atoms with Crippen LogP contribution in [-0.4, -0.2) is 55.7 Å². The smallest absolute Gasteiger partial charge is 0.219 e. The summed E-state index contributed by atoms with van der Waals surface area (Å²) in [5, 5.41) is 5.55. The molecule has 1 fully saturated rings. The SMILES string of the molecule is Cc1cc(Oc2c(F)cccc2F)ncc1-n1ncc(C(=O)c2cc3cc(OC4CCN(C(C)C)CC4)c(Cl)cc3[nH]2)c1N. The third-order valence-electron chi connectivity index (χ3n) is 7.88. The van der Waals surface area contributed by atoms with Crippen molar-refractivity contribution < 1.29 is 23.0 Å². The molecule has 0 spiro atoms. The number of aryl methyl sites for hydroxylation is 1. The van der Waals surface area contributed by atoms with Gasteiger partial charge in [0.25, 0.3) is 0 Å². The van der Waals surface area contributed by atoms with Crippen molar-refractivity contribution in [2.24, 2.45) is 0 Å². The Morgan fingerprint density at radius 1 is 1.11 bits per heavy atom. The van der Waals surface area contributed by atoms with Crippen molar-refractivity contribution in [3.05, 3.63) is 88.3 Å². The number of anilines is 1. The molecular formula is C32H31ClF2N6O3. The van der Waals surface area contributed by atoms with E-state index < -0.39 is 17.4 Å². The molecule has 2 aromatic carbocycles. The van der Waals surface area contributed by atoms with Gasteiger partial charge in [-0.1, -0.05) is 17.7 Å². The van der Waals surface area contributed by atoms with Crippen LogP contribution in [0.15, 0.2) is 54.9 Å². The third-order valence-corrected chi connectivity index (χ3v) is 8.18. The molecule has 3 N–H and O–H groups in total. The second-order valence-corrected chi connectivity index (χ2v) is 11.6. The van der Waals surface area contributed by atoms with E-state index in [0.717, 1.165) is 43.5 Å². The third kappa shape index (κ3) is 5.72. The van der Waals surface area contributed by atoms with E-state index in [1.165, 1.54) is 29.2 Å². The Morgan fingerprint density at radius 3 is 2.52 bits per heavy atom. The molecule has 0 unspecified atom stereocenters. The van der Waals surface area contributed by atoms with E-state index >= 15 is 0 Å². The molecule has 12 heteroatoms. The lowest BCUT2D eigenvalue weighted by Gasteiger charge is -2.34. The molecular weight excluding hydrogens is 590 g/mol. The molecule has 5 aromatic rings. The normalized spacial score (nSPS) is 14.4. The van der Waals surface area contributed by atoms with E-state index in [-0.39, 0.29) is 29.1 Å². The zero-order valence-electron chi connectivity index (χ0n) is 24.4. The van der Waals surface area contributed by atoms with Crippen molar-refractivity contribution >= 4 is 34.1 Å². The quantitative estimate of drug-likeness (QED) is 0.183. The van der Waals surface area contributed by atoms with Crippen LogP contribution >= 0.6 is 11.6 Å². The number of H-pyrrole nitrogens is 1. The molecule has 0 radical (unpaired) electrons. The number of hydrogen-bond acceptors (Lipinski definition) is 7. The van der Waals surface area contributed by atoms with Crippen LogP contribution in [0.25, 0.3) is 16.6 Å². The summed E-state index contributed by atoms with van der Waals surface area (Å²) < 4.78 is 41.0. The Kier molecular flexibility index (Phi) is 8.00. The number of hydrogen-bond donors (Lipinski definition) is 2. The minimum Gasteiger partial charge on any atom is -0.489 e. The van der Waals surface area contributed by atoms with E-state index in [0.29, 0.717) is 39.3 Å². The van der Waals surface area contributed by atoms with Gasteiger partial charge in [0.15, 0.2) is 11.6 Å². The van der Waals surface area contributed by atoms with Gasteiger partial charge in [-0.05, 0) is 69.5 Å². The summed E-state index contributed by atoms with van der Waals surface area (Å²) in [6, 6.07) is 10.8. The number of nitrogens with two attached hydrogens (primary N) is 1. The van der Waals surface area contributed by atoms with Crippen LogP contribution in [0.2, 0.25) is 5.02 Å². The van der Waals surface area contributed by atoms with Crippen molar-refractivity contribution in [3.63, 3.8) is 0 Å². The van der Waals surface area contributed by atoms with Gasteiger partial charge in [-0.3, -0.25) is 4.79 Å². The number of nitrogens with zero attached hydrogens (tertiary/aromatic N) is 4. The molecule has 6 rings (SSSR count). The van der Waals surface area contributed by atoms with Gasteiger partial charge in [0.2, 0.25) is 17.4 Å². The molecule has 44 heavy (non-hydrogen) atoms. The van der Waals surface area contributed by atoms with Gasteiger partial charge in [0.1, 0.15) is 17.7 Å². The predicted molar refractivity (Wildman–Crippen MR) is 164 cm³/mol. The number of para-hydroxylation sites is 1. The molecule has 1 aliphatic rings. The minimum atomic E-state index is -0.849. The zero-order valence-corrected chi connectivity index (χ0v) is 25.2. The highest BCUT2D eigenvalue weighted by Crippen LogP contribution is 2.34. The summed E-state index contributed by atoms with van der Waals surface area (Å²) in [4.78, 5) is 23.2. The topological polar surface area (TPSA) is 111 Å². The highest BCUT2D eigenvalue weighted by molar-refractivity contribution is 6.32. The molecule has 0 atom stereocenters. The summed E-state index contributed by atoms with van der Waals surface area (Å²) in [7, 11) is 0. The number of ketones is 1. The minimum absolute atomic E-state index is 0.0154.